The van der Waals surface area contributed by atoms with E-state index in [1.54, 1.807) is 7.11 Å². The number of carbonyl (C=O) groups is 2. The number of carbonyl (C=O) groups excluding carboxylic acids is 2. The Hall–Kier alpha value is -2.70. The molecule has 2 aromatic carbocycles. The molecule has 3 saturated heterocycles. The van der Waals surface area contributed by atoms with Crippen molar-refractivity contribution in [2.24, 2.45) is 11.3 Å². The van der Waals surface area contributed by atoms with Crippen molar-refractivity contribution < 1.29 is 19.2 Å². The van der Waals surface area contributed by atoms with Crippen molar-refractivity contribution in [2.45, 2.75) is 45.1 Å². The number of ether oxygens (including phenoxy) is 1. The third kappa shape index (κ3) is 5.07. The Labute approximate surface area is 215 Å². The van der Waals surface area contributed by atoms with Gasteiger partial charge in [-0.3, -0.25) is 9.69 Å². The van der Waals surface area contributed by atoms with E-state index in [0.29, 0.717) is 24.2 Å². The maximum Gasteiger partial charge on any atom is 0.318 e. The Bertz CT molecular complexity index is 1050. The summed E-state index contributed by atoms with van der Waals surface area (Å²) in [6, 6.07) is 18.8. The average molecular weight is 491 g/mol. The normalized spacial score (nSPS) is 26.0. The fourth-order valence-corrected chi connectivity index (χ4v) is 6.68. The predicted molar refractivity (Wildman–Crippen MR) is 140 cm³/mol. The standard InChI is InChI=1S/C30H39N3O3/c1-3-28(34)33-21-25(27(22-33)24-7-5-4-6-8-24)20-31-16-13-30(14-17-31)15-18-32(29(30)35)19-23-9-11-26(36-2)12-10-23/h4-12,25,27H,3,13-22H2,1-2H3/p+1/t25-,27+/m0/s1. The van der Waals surface area contributed by atoms with E-state index in [1.807, 2.05) is 19.1 Å². The number of likely N-dealkylation sites (tertiary alicyclic amines) is 3. The highest BCUT2D eigenvalue weighted by atomic mass is 16.5. The highest BCUT2D eigenvalue weighted by molar-refractivity contribution is 5.76. The smallest absolute Gasteiger partial charge is 0.318 e. The summed E-state index contributed by atoms with van der Waals surface area (Å²) in [6.07, 6.45) is 3.48. The van der Waals surface area contributed by atoms with Crippen LogP contribution in [-0.2, 0) is 16.1 Å². The van der Waals surface area contributed by atoms with Gasteiger partial charge in [0.05, 0.1) is 19.1 Å². The number of benzene rings is 2. The van der Waals surface area contributed by atoms with Gasteiger partial charge < -0.3 is 14.5 Å². The zero-order valence-corrected chi connectivity index (χ0v) is 21.7. The van der Waals surface area contributed by atoms with E-state index >= 15 is 0 Å². The van der Waals surface area contributed by atoms with Crippen LogP contribution in [0.3, 0.4) is 0 Å². The van der Waals surface area contributed by atoms with Crippen molar-refractivity contribution in [2.75, 3.05) is 46.4 Å². The van der Waals surface area contributed by atoms with Gasteiger partial charge in [-0.05, 0) is 61.7 Å². The Balaban J connectivity index is 1.19. The van der Waals surface area contributed by atoms with Gasteiger partial charge >= 0.3 is 5.91 Å². The van der Waals surface area contributed by atoms with Crippen LogP contribution in [0.15, 0.2) is 54.6 Å². The predicted octanol–water partition coefficient (Wildman–Crippen LogP) is 2.74. The van der Waals surface area contributed by atoms with E-state index in [1.165, 1.54) is 11.1 Å². The lowest BCUT2D eigenvalue weighted by molar-refractivity contribution is -0.827. The Kier molecular flexibility index (Phi) is 7.44. The lowest BCUT2D eigenvalue weighted by Gasteiger charge is -2.38. The minimum atomic E-state index is -0.156. The second-order valence-electron chi connectivity index (χ2n) is 11.0. The first kappa shape index (κ1) is 25.0. The Morgan fingerprint density at radius 2 is 1.75 bits per heavy atom. The third-order valence-electron chi connectivity index (χ3n) is 8.91. The number of rotatable bonds is 7. The summed E-state index contributed by atoms with van der Waals surface area (Å²) in [4.78, 5) is 31.7. The largest absolute Gasteiger partial charge is 0.497 e. The fraction of sp³-hybridized carbons (Fsp3) is 0.533. The molecule has 3 aliphatic rings. The van der Waals surface area contributed by atoms with Crippen LogP contribution in [0.25, 0.3) is 0 Å². The molecule has 3 atom stereocenters. The molecule has 1 spiro atoms. The summed E-state index contributed by atoms with van der Waals surface area (Å²) in [5, 5.41) is 0. The molecule has 36 heavy (non-hydrogen) atoms. The van der Waals surface area contributed by atoms with Crippen molar-refractivity contribution >= 4 is 11.8 Å². The molecule has 3 aliphatic heterocycles. The number of hydrogen-bond acceptors (Lipinski definition) is 4. The number of nitrogens with one attached hydrogen (secondary N) is 1. The molecule has 0 saturated carbocycles. The topological polar surface area (TPSA) is 54.3 Å². The van der Waals surface area contributed by atoms with Crippen molar-refractivity contribution in [3.63, 3.8) is 0 Å². The van der Waals surface area contributed by atoms with E-state index in [9.17, 15) is 9.59 Å². The number of methoxy groups -OCH3 is 1. The Morgan fingerprint density at radius 3 is 2.42 bits per heavy atom. The van der Waals surface area contributed by atoms with Gasteiger partial charge in [0.25, 0.3) is 0 Å². The molecule has 2 amide bonds. The minimum absolute atomic E-state index is 0.156. The molecule has 1 N–H and O–H groups in total. The van der Waals surface area contributed by atoms with Crippen molar-refractivity contribution in [1.29, 1.82) is 0 Å². The van der Waals surface area contributed by atoms with Crippen LogP contribution in [0.4, 0.5) is 0 Å². The number of amides is 2. The van der Waals surface area contributed by atoms with Crippen LogP contribution in [0, 0.1) is 11.3 Å². The zero-order valence-electron chi connectivity index (χ0n) is 21.7. The molecule has 3 heterocycles. The summed E-state index contributed by atoms with van der Waals surface area (Å²) in [6.45, 7) is 8.25. The number of piperidine rings is 1. The minimum Gasteiger partial charge on any atom is -0.497 e. The molecule has 6 nitrogen and oxygen atoms in total. The molecule has 0 aliphatic carbocycles. The quantitative estimate of drug-likeness (QED) is 0.649. The maximum absolute atomic E-state index is 13.5. The molecular formula is C30H40N3O3+. The lowest BCUT2D eigenvalue weighted by atomic mass is 9.76. The van der Waals surface area contributed by atoms with Crippen LogP contribution in [-0.4, -0.2) is 68.0 Å². The van der Waals surface area contributed by atoms with Gasteiger partial charge in [-0.15, -0.1) is 0 Å². The van der Waals surface area contributed by atoms with Crippen molar-refractivity contribution in [1.82, 2.24) is 9.80 Å². The summed E-state index contributed by atoms with van der Waals surface area (Å²) < 4.78 is 5.27. The number of hydrogen-bond donors (Lipinski definition) is 1. The number of nitrogens with zero attached hydrogens (tertiary/aromatic N) is 2. The van der Waals surface area contributed by atoms with Crippen LogP contribution in [0.1, 0.15) is 49.7 Å². The second kappa shape index (κ2) is 10.7. The fourth-order valence-electron chi connectivity index (χ4n) is 6.68. The Morgan fingerprint density at radius 1 is 1.03 bits per heavy atom. The maximum atomic E-state index is 13.5. The summed E-state index contributed by atoms with van der Waals surface area (Å²) in [7, 11) is 1.68. The molecule has 1 unspecified atom stereocenters. The highest BCUT2D eigenvalue weighted by Crippen LogP contribution is 2.39. The molecule has 0 bridgehead atoms. The van der Waals surface area contributed by atoms with E-state index in [-0.39, 0.29) is 11.3 Å². The highest BCUT2D eigenvalue weighted by Gasteiger charge is 2.52. The van der Waals surface area contributed by atoms with E-state index < -0.39 is 0 Å². The van der Waals surface area contributed by atoms with E-state index in [2.05, 4.69) is 52.3 Å². The summed E-state index contributed by atoms with van der Waals surface area (Å²) in [5.74, 6) is 2.35. The van der Waals surface area contributed by atoms with Crippen LogP contribution in [0.5, 0.6) is 5.75 Å². The lowest BCUT2D eigenvalue weighted by Crippen LogP contribution is -3.12. The van der Waals surface area contributed by atoms with Crippen molar-refractivity contribution in [3.05, 3.63) is 65.7 Å². The van der Waals surface area contributed by atoms with E-state index in [4.69, 9.17) is 4.74 Å². The zero-order chi connectivity index (χ0) is 25.1. The van der Waals surface area contributed by atoms with Gasteiger partial charge in [-0.25, -0.2) is 4.79 Å². The monoisotopic (exact) mass is 490 g/mol. The van der Waals surface area contributed by atoms with Gasteiger partial charge in [0.2, 0.25) is 5.91 Å². The van der Waals surface area contributed by atoms with Gasteiger partial charge in [-0.1, -0.05) is 37.3 Å². The van der Waals surface area contributed by atoms with Crippen LogP contribution in [0.2, 0.25) is 0 Å². The first-order valence-electron chi connectivity index (χ1n) is 13.6. The molecular weight excluding hydrogens is 450 g/mol. The SMILES string of the molecule is CCC(=O)N1C[C@H](CN2CCC3(CC2)CC[NH+](Cc2ccc(OC)cc2)C3=O)[C@@H](c2ccccc2)C1. The molecule has 5 rings (SSSR count). The molecule has 6 heteroatoms. The van der Waals surface area contributed by atoms with Gasteiger partial charge in [0, 0.05) is 44.0 Å². The average Bonchev–Trinajstić information content (AvgIpc) is 3.47. The van der Waals surface area contributed by atoms with Crippen molar-refractivity contribution in [3.8, 4) is 5.75 Å². The van der Waals surface area contributed by atoms with Gasteiger partial charge in [0.15, 0.2) is 0 Å². The number of quaternary nitrogens is 1. The molecule has 3 fully saturated rings. The summed E-state index contributed by atoms with van der Waals surface area (Å²) in [5.41, 5.74) is 2.37. The van der Waals surface area contributed by atoms with E-state index in [0.717, 1.165) is 75.7 Å². The molecule has 0 aromatic heterocycles. The molecule has 0 radical (unpaired) electrons. The van der Waals surface area contributed by atoms with Gasteiger partial charge in [0.1, 0.15) is 12.3 Å². The van der Waals surface area contributed by atoms with Crippen LogP contribution < -0.4 is 9.64 Å². The first-order valence-corrected chi connectivity index (χ1v) is 13.6. The second-order valence-corrected chi connectivity index (χ2v) is 11.0. The molecule has 2 aromatic rings. The first-order chi connectivity index (χ1) is 17.5. The summed E-state index contributed by atoms with van der Waals surface area (Å²) >= 11 is 0. The van der Waals surface area contributed by atoms with Gasteiger partial charge in [-0.2, -0.15) is 0 Å². The van der Waals surface area contributed by atoms with Crippen LogP contribution >= 0.6 is 0 Å². The third-order valence-corrected chi connectivity index (χ3v) is 8.91. The molecule has 192 valence electrons.